The maximum Gasteiger partial charge on any atom is 0.230 e. The van der Waals surface area contributed by atoms with Gasteiger partial charge in [-0.05, 0) is 29.8 Å². The molecule has 1 aromatic heterocycles. The molecular weight excluding hydrogens is 270 g/mol. The van der Waals surface area contributed by atoms with Crippen LogP contribution in [0.4, 0.5) is 10.8 Å². The van der Waals surface area contributed by atoms with Crippen LogP contribution >= 0.6 is 11.3 Å². The molecule has 0 spiro atoms. The highest BCUT2D eigenvalue weighted by atomic mass is 32.1. The van der Waals surface area contributed by atoms with Crippen LogP contribution in [0.25, 0.3) is 10.2 Å². The summed E-state index contributed by atoms with van der Waals surface area (Å²) in [6.07, 6.45) is 0.316. The zero-order chi connectivity index (χ0) is 13.9. The number of aromatic nitrogens is 1. The van der Waals surface area contributed by atoms with E-state index in [0.717, 1.165) is 15.8 Å². The molecule has 3 aromatic rings. The Hall–Kier alpha value is -2.40. The second-order valence-corrected chi connectivity index (χ2v) is 5.48. The third-order valence-electron chi connectivity index (χ3n) is 2.88. The molecule has 4 nitrogen and oxygen atoms in total. The molecule has 3 rings (SSSR count). The second-order valence-electron chi connectivity index (χ2n) is 4.45. The Morgan fingerprint density at radius 3 is 2.65 bits per heavy atom. The number of fused-ring (bicyclic) bond motifs is 1. The van der Waals surface area contributed by atoms with Gasteiger partial charge in [-0.1, -0.05) is 35.6 Å². The molecule has 100 valence electrons. The fraction of sp³-hybridized carbons (Fsp3) is 0.0667. The monoisotopic (exact) mass is 283 g/mol. The number of carbonyl (C=O) groups excluding carboxylic acids is 1. The van der Waals surface area contributed by atoms with Crippen molar-refractivity contribution in [1.82, 2.24) is 4.98 Å². The van der Waals surface area contributed by atoms with Gasteiger partial charge in [0.1, 0.15) is 0 Å². The first-order valence-corrected chi connectivity index (χ1v) is 7.02. The minimum Gasteiger partial charge on any atom is -0.399 e. The van der Waals surface area contributed by atoms with E-state index < -0.39 is 0 Å². The number of para-hydroxylation sites is 1. The van der Waals surface area contributed by atoms with Gasteiger partial charge in [0.2, 0.25) is 5.91 Å². The molecule has 0 saturated carbocycles. The Kier molecular flexibility index (Phi) is 3.35. The molecule has 0 aliphatic heterocycles. The predicted molar refractivity (Wildman–Crippen MR) is 82.8 cm³/mol. The summed E-state index contributed by atoms with van der Waals surface area (Å²) >= 11 is 1.48. The SMILES string of the molecule is Nc1ccc(CC(=O)Nc2nc3ccccc3s2)cc1. The highest BCUT2D eigenvalue weighted by Gasteiger charge is 2.08. The summed E-state index contributed by atoms with van der Waals surface area (Å²) in [4.78, 5) is 16.3. The Morgan fingerprint density at radius 2 is 1.90 bits per heavy atom. The van der Waals surface area contributed by atoms with Crippen LogP contribution in [0.15, 0.2) is 48.5 Å². The normalized spacial score (nSPS) is 10.6. The van der Waals surface area contributed by atoms with Gasteiger partial charge in [0.15, 0.2) is 5.13 Å². The third kappa shape index (κ3) is 2.78. The van der Waals surface area contributed by atoms with E-state index >= 15 is 0 Å². The zero-order valence-electron chi connectivity index (χ0n) is 10.7. The summed E-state index contributed by atoms with van der Waals surface area (Å²) in [5.41, 5.74) is 8.14. The smallest absolute Gasteiger partial charge is 0.230 e. The number of amides is 1. The summed E-state index contributed by atoms with van der Waals surface area (Å²) in [6, 6.07) is 15.1. The first kappa shape index (κ1) is 12.6. The van der Waals surface area contributed by atoms with E-state index in [9.17, 15) is 4.79 Å². The fourth-order valence-electron chi connectivity index (χ4n) is 1.91. The van der Waals surface area contributed by atoms with Gasteiger partial charge in [-0.3, -0.25) is 4.79 Å². The van der Waals surface area contributed by atoms with E-state index in [1.54, 1.807) is 12.1 Å². The molecule has 0 aliphatic carbocycles. The molecule has 0 bridgehead atoms. The molecule has 0 radical (unpaired) electrons. The van der Waals surface area contributed by atoms with Crippen molar-refractivity contribution < 1.29 is 4.79 Å². The van der Waals surface area contributed by atoms with Crippen molar-refractivity contribution in [2.24, 2.45) is 0 Å². The highest BCUT2D eigenvalue weighted by Crippen LogP contribution is 2.25. The molecule has 5 heteroatoms. The van der Waals surface area contributed by atoms with Gasteiger partial charge in [-0.15, -0.1) is 0 Å². The van der Waals surface area contributed by atoms with E-state index in [2.05, 4.69) is 10.3 Å². The lowest BCUT2D eigenvalue weighted by molar-refractivity contribution is -0.115. The van der Waals surface area contributed by atoms with Crippen LogP contribution < -0.4 is 11.1 Å². The zero-order valence-corrected chi connectivity index (χ0v) is 11.5. The number of nitrogens with zero attached hydrogens (tertiary/aromatic N) is 1. The molecule has 3 N–H and O–H groups in total. The lowest BCUT2D eigenvalue weighted by Gasteiger charge is -2.02. The number of rotatable bonds is 3. The standard InChI is InChI=1S/C15H13N3OS/c16-11-7-5-10(6-8-11)9-14(19)18-15-17-12-3-1-2-4-13(12)20-15/h1-8H,9,16H2,(H,17,18,19). The number of hydrogen-bond acceptors (Lipinski definition) is 4. The number of nitrogen functional groups attached to an aromatic ring is 1. The van der Waals surface area contributed by atoms with E-state index in [4.69, 9.17) is 5.73 Å². The summed E-state index contributed by atoms with van der Waals surface area (Å²) in [5.74, 6) is -0.0752. The van der Waals surface area contributed by atoms with Crippen LogP contribution in [0.2, 0.25) is 0 Å². The summed E-state index contributed by atoms with van der Waals surface area (Å²) in [6.45, 7) is 0. The van der Waals surface area contributed by atoms with Gasteiger partial charge in [-0.2, -0.15) is 0 Å². The van der Waals surface area contributed by atoms with Crippen LogP contribution in [0.1, 0.15) is 5.56 Å². The van der Waals surface area contributed by atoms with Crippen molar-refractivity contribution in [2.45, 2.75) is 6.42 Å². The maximum absolute atomic E-state index is 12.0. The summed E-state index contributed by atoms with van der Waals surface area (Å²) in [7, 11) is 0. The number of thiazole rings is 1. The van der Waals surface area contributed by atoms with Crippen LogP contribution in [0.5, 0.6) is 0 Å². The molecule has 1 amide bonds. The summed E-state index contributed by atoms with van der Waals surface area (Å²) < 4.78 is 1.07. The molecule has 0 fully saturated rings. The van der Waals surface area contributed by atoms with E-state index in [1.165, 1.54) is 11.3 Å². The maximum atomic E-state index is 12.0. The number of benzene rings is 2. The van der Waals surface area contributed by atoms with Crippen molar-refractivity contribution in [1.29, 1.82) is 0 Å². The number of anilines is 2. The molecule has 0 unspecified atom stereocenters. The highest BCUT2D eigenvalue weighted by molar-refractivity contribution is 7.22. The molecule has 0 aliphatic rings. The van der Waals surface area contributed by atoms with Crippen LogP contribution in [-0.4, -0.2) is 10.9 Å². The Labute approximate surface area is 120 Å². The van der Waals surface area contributed by atoms with Crippen molar-refractivity contribution in [3.63, 3.8) is 0 Å². The number of nitrogens with one attached hydrogen (secondary N) is 1. The largest absolute Gasteiger partial charge is 0.399 e. The Morgan fingerprint density at radius 1 is 1.15 bits per heavy atom. The van der Waals surface area contributed by atoms with Crippen LogP contribution in [-0.2, 0) is 11.2 Å². The lowest BCUT2D eigenvalue weighted by Crippen LogP contribution is -2.14. The van der Waals surface area contributed by atoms with E-state index in [-0.39, 0.29) is 5.91 Å². The number of nitrogens with two attached hydrogens (primary N) is 1. The minimum atomic E-state index is -0.0752. The second kappa shape index (κ2) is 5.30. The third-order valence-corrected chi connectivity index (χ3v) is 3.84. The van der Waals surface area contributed by atoms with Crippen LogP contribution in [0, 0.1) is 0 Å². The first-order valence-electron chi connectivity index (χ1n) is 6.20. The molecule has 1 heterocycles. The average Bonchev–Trinajstić information content (AvgIpc) is 2.83. The van der Waals surface area contributed by atoms with Gasteiger partial charge < -0.3 is 11.1 Å². The van der Waals surface area contributed by atoms with Crippen molar-refractivity contribution in [3.05, 3.63) is 54.1 Å². The molecule has 0 saturated heterocycles. The van der Waals surface area contributed by atoms with Gasteiger partial charge >= 0.3 is 0 Å². The van der Waals surface area contributed by atoms with Gasteiger partial charge in [-0.25, -0.2) is 4.98 Å². The lowest BCUT2D eigenvalue weighted by atomic mass is 10.1. The van der Waals surface area contributed by atoms with Crippen LogP contribution in [0.3, 0.4) is 0 Å². The number of hydrogen-bond donors (Lipinski definition) is 2. The number of carbonyl (C=O) groups is 1. The predicted octanol–water partition coefficient (Wildman–Crippen LogP) is 3.06. The quantitative estimate of drug-likeness (QED) is 0.726. The molecular formula is C15H13N3OS. The topological polar surface area (TPSA) is 68.0 Å². The molecule has 20 heavy (non-hydrogen) atoms. The first-order chi connectivity index (χ1) is 9.70. The van der Waals surface area contributed by atoms with Gasteiger partial charge in [0.05, 0.1) is 16.6 Å². The Bertz CT molecular complexity index is 716. The van der Waals surface area contributed by atoms with Crippen molar-refractivity contribution >= 4 is 38.3 Å². The van der Waals surface area contributed by atoms with Gasteiger partial charge in [0, 0.05) is 5.69 Å². The van der Waals surface area contributed by atoms with E-state index in [0.29, 0.717) is 17.2 Å². The Balaban J connectivity index is 1.70. The van der Waals surface area contributed by atoms with Gasteiger partial charge in [0.25, 0.3) is 0 Å². The minimum absolute atomic E-state index is 0.0752. The fourth-order valence-corrected chi connectivity index (χ4v) is 2.79. The average molecular weight is 283 g/mol. The molecule has 2 aromatic carbocycles. The van der Waals surface area contributed by atoms with Crippen molar-refractivity contribution in [2.75, 3.05) is 11.1 Å². The summed E-state index contributed by atoms with van der Waals surface area (Å²) in [5, 5.41) is 3.46. The molecule has 0 atom stereocenters. The van der Waals surface area contributed by atoms with Crippen molar-refractivity contribution in [3.8, 4) is 0 Å². The van der Waals surface area contributed by atoms with E-state index in [1.807, 2.05) is 36.4 Å².